The zero-order valence-electron chi connectivity index (χ0n) is 12.6. The van der Waals surface area contributed by atoms with E-state index >= 15 is 0 Å². The normalized spacial score (nSPS) is 26.3. The van der Waals surface area contributed by atoms with Gasteiger partial charge in [-0.1, -0.05) is 45.4 Å². The molecule has 0 aliphatic heterocycles. The lowest BCUT2D eigenvalue weighted by Crippen LogP contribution is -2.36. The molecule has 2 unspecified atom stereocenters. The van der Waals surface area contributed by atoms with Crippen molar-refractivity contribution < 1.29 is 9.53 Å². The molecule has 2 rings (SSSR count). The Morgan fingerprint density at radius 3 is 2.60 bits per heavy atom. The Labute approximate surface area is 121 Å². The van der Waals surface area contributed by atoms with Gasteiger partial charge in [0.2, 0.25) is 0 Å². The topological polar surface area (TPSA) is 38.3 Å². The van der Waals surface area contributed by atoms with Gasteiger partial charge in [-0.15, -0.1) is 0 Å². The van der Waals surface area contributed by atoms with Crippen LogP contribution >= 0.6 is 0 Å². The molecule has 1 amide bonds. The first kappa shape index (κ1) is 14.9. The second-order valence-electron chi connectivity index (χ2n) is 6.26. The summed E-state index contributed by atoms with van der Waals surface area (Å²) in [6, 6.07) is 9.45. The molecule has 3 nitrogen and oxygen atoms in total. The molecule has 1 saturated carbocycles. The Morgan fingerprint density at radius 2 is 1.95 bits per heavy atom. The highest BCUT2D eigenvalue weighted by atomic mass is 16.6. The molecule has 0 saturated heterocycles. The van der Waals surface area contributed by atoms with Crippen LogP contribution in [0.3, 0.4) is 0 Å². The van der Waals surface area contributed by atoms with Gasteiger partial charge in [-0.25, -0.2) is 4.79 Å². The lowest BCUT2D eigenvalue weighted by molar-refractivity contribution is 0.0126. The summed E-state index contributed by atoms with van der Waals surface area (Å²) in [7, 11) is 0. The molecule has 0 spiro atoms. The van der Waals surface area contributed by atoms with Crippen molar-refractivity contribution in [3.63, 3.8) is 0 Å². The summed E-state index contributed by atoms with van der Waals surface area (Å²) in [4.78, 5) is 12.0. The van der Waals surface area contributed by atoms with Crippen molar-refractivity contribution in [1.29, 1.82) is 0 Å². The van der Waals surface area contributed by atoms with Crippen LogP contribution in [-0.2, 0) is 4.74 Å². The lowest BCUT2D eigenvalue weighted by atomic mass is 9.75. The lowest BCUT2D eigenvalue weighted by Gasteiger charge is -2.36. The predicted octanol–water partition coefficient (Wildman–Crippen LogP) is 4.70. The molecule has 0 aromatic heterocycles. The van der Waals surface area contributed by atoms with Crippen molar-refractivity contribution in [3.05, 3.63) is 30.3 Å². The fourth-order valence-corrected chi connectivity index (χ4v) is 3.06. The third kappa shape index (κ3) is 3.99. The summed E-state index contributed by atoms with van der Waals surface area (Å²) < 4.78 is 5.69. The van der Waals surface area contributed by atoms with Crippen LogP contribution in [0.15, 0.2) is 30.3 Å². The molecule has 0 heterocycles. The fourth-order valence-electron chi connectivity index (χ4n) is 3.06. The predicted molar refractivity (Wildman–Crippen MR) is 81.7 cm³/mol. The van der Waals surface area contributed by atoms with Gasteiger partial charge in [0.1, 0.15) is 6.10 Å². The van der Waals surface area contributed by atoms with E-state index in [0.29, 0.717) is 17.8 Å². The van der Waals surface area contributed by atoms with Gasteiger partial charge in [0.25, 0.3) is 0 Å². The van der Waals surface area contributed by atoms with Crippen LogP contribution in [-0.4, -0.2) is 12.2 Å². The minimum Gasteiger partial charge on any atom is -0.446 e. The van der Waals surface area contributed by atoms with E-state index < -0.39 is 0 Å². The second kappa shape index (κ2) is 6.78. The molecule has 1 aliphatic carbocycles. The standard InChI is InChI=1S/C17H25NO2/c1-12(2)15-10-9-13(3)11-16(15)20-17(19)18-14-7-5-4-6-8-14/h4-8,12-13,15-16H,9-11H2,1-3H3,(H,18,19)/t13?,15-,16?/m0/s1. The molecule has 0 radical (unpaired) electrons. The quantitative estimate of drug-likeness (QED) is 0.868. The average molecular weight is 275 g/mol. The Morgan fingerprint density at radius 1 is 1.25 bits per heavy atom. The molecule has 1 aromatic rings. The van der Waals surface area contributed by atoms with Crippen molar-refractivity contribution in [1.82, 2.24) is 0 Å². The van der Waals surface area contributed by atoms with E-state index in [1.807, 2.05) is 30.3 Å². The molecular formula is C17H25NO2. The van der Waals surface area contributed by atoms with Crippen LogP contribution in [0.2, 0.25) is 0 Å². The fraction of sp³-hybridized carbons (Fsp3) is 0.588. The highest BCUT2D eigenvalue weighted by Crippen LogP contribution is 2.35. The van der Waals surface area contributed by atoms with Gasteiger partial charge < -0.3 is 4.74 Å². The molecule has 1 aliphatic rings. The number of anilines is 1. The van der Waals surface area contributed by atoms with Crippen LogP contribution in [0.25, 0.3) is 0 Å². The zero-order valence-corrected chi connectivity index (χ0v) is 12.6. The van der Waals surface area contributed by atoms with Gasteiger partial charge in [-0.3, -0.25) is 5.32 Å². The number of para-hydroxylation sites is 1. The van der Waals surface area contributed by atoms with Crippen LogP contribution < -0.4 is 5.32 Å². The van der Waals surface area contributed by atoms with Crippen molar-refractivity contribution >= 4 is 11.8 Å². The van der Waals surface area contributed by atoms with Crippen LogP contribution in [0.5, 0.6) is 0 Å². The van der Waals surface area contributed by atoms with E-state index in [1.54, 1.807) is 0 Å². The number of hydrogen-bond acceptors (Lipinski definition) is 2. The van der Waals surface area contributed by atoms with Gasteiger partial charge in [-0.2, -0.15) is 0 Å². The number of benzene rings is 1. The first-order chi connectivity index (χ1) is 9.56. The summed E-state index contributed by atoms with van der Waals surface area (Å²) >= 11 is 0. The number of amides is 1. The van der Waals surface area contributed by atoms with E-state index in [1.165, 1.54) is 6.42 Å². The molecular weight excluding hydrogens is 250 g/mol. The molecule has 0 bridgehead atoms. The number of nitrogens with one attached hydrogen (secondary N) is 1. The van der Waals surface area contributed by atoms with Gasteiger partial charge in [0, 0.05) is 5.69 Å². The van der Waals surface area contributed by atoms with Crippen LogP contribution in [0.4, 0.5) is 10.5 Å². The molecule has 110 valence electrons. The highest BCUT2D eigenvalue weighted by Gasteiger charge is 2.33. The second-order valence-corrected chi connectivity index (χ2v) is 6.26. The highest BCUT2D eigenvalue weighted by molar-refractivity contribution is 5.84. The Balaban J connectivity index is 1.94. The summed E-state index contributed by atoms with van der Waals surface area (Å²) in [6.45, 7) is 6.67. The molecule has 20 heavy (non-hydrogen) atoms. The third-order valence-corrected chi connectivity index (χ3v) is 4.24. The molecule has 3 atom stereocenters. The maximum atomic E-state index is 12.0. The summed E-state index contributed by atoms with van der Waals surface area (Å²) in [5.41, 5.74) is 0.780. The number of carbonyl (C=O) groups is 1. The zero-order chi connectivity index (χ0) is 14.5. The van der Waals surface area contributed by atoms with Gasteiger partial charge in [0.15, 0.2) is 0 Å². The Hall–Kier alpha value is -1.51. The van der Waals surface area contributed by atoms with Crippen molar-refractivity contribution in [2.24, 2.45) is 17.8 Å². The van der Waals surface area contributed by atoms with Crippen LogP contribution in [0, 0.1) is 17.8 Å². The van der Waals surface area contributed by atoms with Crippen LogP contribution in [0.1, 0.15) is 40.0 Å². The first-order valence-electron chi connectivity index (χ1n) is 7.59. The number of hydrogen-bond donors (Lipinski definition) is 1. The van der Waals surface area contributed by atoms with Crippen molar-refractivity contribution in [3.8, 4) is 0 Å². The smallest absolute Gasteiger partial charge is 0.411 e. The molecule has 1 fully saturated rings. The van der Waals surface area contributed by atoms with E-state index in [-0.39, 0.29) is 12.2 Å². The molecule has 1 N–H and O–H groups in total. The van der Waals surface area contributed by atoms with E-state index in [4.69, 9.17) is 4.74 Å². The third-order valence-electron chi connectivity index (χ3n) is 4.24. The van der Waals surface area contributed by atoms with Gasteiger partial charge in [0.05, 0.1) is 0 Å². The van der Waals surface area contributed by atoms with Gasteiger partial charge in [-0.05, 0) is 42.7 Å². The SMILES string of the molecule is CC1CC[C@@H](C(C)C)C(OC(=O)Nc2ccccc2)C1. The maximum Gasteiger partial charge on any atom is 0.411 e. The maximum absolute atomic E-state index is 12.0. The first-order valence-corrected chi connectivity index (χ1v) is 7.59. The average Bonchev–Trinajstić information content (AvgIpc) is 2.39. The molecule has 1 aromatic carbocycles. The Bertz CT molecular complexity index is 430. The van der Waals surface area contributed by atoms with Crippen molar-refractivity contribution in [2.75, 3.05) is 5.32 Å². The minimum absolute atomic E-state index is 0.0439. The number of carbonyl (C=O) groups excluding carboxylic acids is 1. The van der Waals surface area contributed by atoms with E-state index in [9.17, 15) is 4.79 Å². The minimum atomic E-state index is -0.332. The van der Waals surface area contributed by atoms with Crippen molar-refractivity contribution in [2.45, 2.75) is 46.1 Å². The monoisotopic (exact) mass is 275 g/mol. The Kier molecular flexibility index (Phi) is 5.05. The van der Waals surface area contributed by atoms with Gasteiger partial charge >= 0.3 is 6.09 Å². The summed E-state index contributed by atoms with van der Waals surface area (Å²) in [5, 5.41) is 2.80. The summed E-state index contributed by atoms with van der Waals surface area (Å²) in [5.74, 6) is 1.67. The largest absolute Gasteiger partial charge is 0.446 e. The van der Waals surface area contributed by atoms with E-state index in [0.717, 1.165) is 18.5 Å². The number of ether oxygens (including phenoxy) is 1. The number of rotatable bonds is 3. The summed E-state index contributed by atoms with van der Waals surface area (Å²) in [6.07, 6.45) is 3.08. The molecule has 3 heteroatoms. The van der Waals surface area contributed by atoms with E-state index in [2.05, 4.69) is 26.1 Å².